The normalized spacial score (nSPS) is 15.6. The van der Waals surface area contributed by atoms with E-state index in [1.807, 2.05) is 0 Å². The van der Waals surface area contributed by atoms with Gasteiger partial charge in [-0.05, 0) is 32.2 Å². The van der Waals surface area contributed by atoms with Crippen LogP contribution in [0.3, 0.4) is 0 Å². The van der Waals surface area contributed by atoms with Gasteiger partial charge in [0.05, 0.1) is 13.7 Å². The number of hydrogen-bond donors (Lipinski definition) is 1. The number of allylic oxidation sites excluding steroid dienone is 1. The maximum atomic E-state index is 10.7. The molecule has 0 spiro atoms. The highest BCUT2D eigenvalue weighted by molar-refractivity contribution is 5.71. The smallest absolute Gasteiger partial charge is 0.319 e. The van der Waals surface area contributed by atoms with Gasteiger partial charge in [-0.3, -0.25) is 4.79 Å². The number of methoxy groups -OCH3 is 1. The van der Waals surface area contributed by atoms with Crippen LogP contribution in [0.25, 0.3) is 0 Å². The molecule has 0 heterocycles. The first-order chi connectivity index (χ1) is 6.33. The molecule has 0 aromatic heterocycles. The molecule has 1 rings (SSSR count). The molecule has 0 radical (unpaired) electrons. The predicted molar refractivity (Wildman–Crippen MR) is 51.4 cm³/mol. The lowest BCUT2D eigenvalue weighted by Crippen LogP contribution is -2.24. The van der Waals surface area contributed by atoms with Crippen molar-refractivity contribution in [1.82, 2.24) is 5.32 Å². The topological polar surface area (TPSA) is 38.3 Å². The summed E-state index contributed by atoms with van der Waals surface area (Å²) in [6, 6.07) is 0. The van der Waals surface area contributed by atoms with Crippen LogP contribution in [0.1, 0.15) is 25.7 Å². The number of carbonyl (C=O) groups is 1. The molecule has 0 bridgehead atoms. The lowest BCUT2D eigenvalue weighted by molar-refractivity contribution is -0.139. The van der Waals surface area contributed by atoms with Gasteiger partial charge >= 0.3 is 5.97 Å². The fraction of sp³-hybridized carbons (Fsp3) is 0.700. The van der Waals surface area contributed by atoms with Crippen molar-refractivity contribution in [2.75, 3.05) is 20.2 Å². The van der Waals surface area contributed by atoms with Gasteiger partial charge in [-0.1, -0.05) is 11.6 Å². The molecule has 1 N–H and O–H groups in total. The maximum absolute atomic E-state index is 10.7. The van der Waals surface area contributed by atoms with Crippen LogP contribution in [0, 0.1) is 0 Å². The molecule has 13 heavy (non-hydrogen) atoms. The van der Waals surface area contributed by atoms with E-state index in [9.17, 15) is 4.79 Å². The summed E-state index contributed by atoms with van der Waals surface area (Å²) in [5, 5.41) is 3.05. The number of ether oxygens (including phenoxy) is 1. The van der Waals surface area contributed by atoms with E-state index < -0.39 is 0 Å². The Hall–Kier alpha value is -0.830. The molecule has 0 amide bonds. The summed E-state index contributed by atoms with van der Waals surface area (Å²) in [7, 11) is 1.41. The third-order valence-corrected chi connectivity index (χ3v) is 2.25. The Morgan fingerprint density at radius 1 is 1.69 bits per heavy atom. The Kier molecular flexibility index (Phi) is 4.54. The zero-order chi connectivity index (χ0) is 9.52. The quantitative estimate of drug-likeness (QED) is 0.396. The lowest BCUT2D eigenvalue weighted by atomic mass is 10.2. The molecule has 74 valence electrons. The summed E-state index contributed by atoms with van der Waals surface area (Å²) < 4.78 is 4.51. The summed E-state index contributed by atoms with van der Waals surface area (Å²) >= 11 is 0. The van der Waals surface area contributed by atoms with E-state index >= 15 is 0 Å². The molecule has 0 saturated heterocycles. The molecule has 0 atom stereocenters. The Bertz CT molecular complexity index is 199. The summed E-state index contributed by atoms with van der Waals surface area (Å²) in [6.07, 6.45) is 7.13. The van der Waals surface area contributed by atoms with Crippen molar-refractivity contribution in [2.45, 2.75) is 25.7 Å². The minimum absolute atomic E-state index is 0.194. The highest BCUT2D eigenvalue weighted by Crippen LogP contribution is 2.19. The van der Waals surface area contributed by atoms with Gasteiger partial charge < -0.3 is 10.1 Å². The van der Waals surface area contributed by atoms with Crippen LogP contribution >= 0.6 is 0 Å². The minimum atomic E-state index is -0.194. The minimum Gasteiger partial charge on any atom is -0.468 e. The number of nitrogens with one attached hydrogen (secondary N) is 1. The van der Waals surface area contributed by atoms with Crippen molar-refractivity contribution in [3.05, 3.63) is 11.6 Å². The average molecular weight is 183 g/mol. The summed E-state index contributed by atoms with van der Waals surface area (Å²) in [4.78, 5) is 10.7. The number of rotatable bonds is 5. The number of esters is 1. The maximum Gasteiger partial charge on any atom is 0.319 e. The largest absolute Gasteiger partial charge is 0.468 e. The van der Waals surface area contributed by atoms with Crippen LogP contribution in [-0.4, -0.2) is 26.2 Å². The van der Waals surface area contributed by atoms with E-state index in [4.69, 9.17) is 0 Å². The van der Waals surface area contributed by atoms with Gasteiger partial charge in [0.2, 0.25) is 0 Å². The zero-order valence-electron chi connectivity index (χ0n) is 8.14. The first-order valence-corrected chi connectivity index (χ1v) is 4.78. The summed E-state index contributed by atoms with van der Waals surface area (Å²) in [5.74, 6) is -0.194. The first kappa shape index (κ1) is 10.3. The molecule has 0 unspecified atom stereocenters. The van der Waals surface area contributed by atoms with Crippen LogP contribution in [-0.2, 0) is 9.53 Å². The monoisotopic (exact) mass is 183 g/mol. The van der Waals surface area contributed by atoms with Crippen LogP contribution in [0.4, 0.5) is 0 Å². The molecule has 1 aliphatic carbocycles. The standard InChI is InChI=1S/C10H17NO2/c1-13-10(12)8-11-7-6-9-4-2-3-5-9/h4,11H,2-3,5-8H2,1H3. The fourth-order valence-electron chi connectivity index (χ4n) is 1.48. The van der Waals surface area contributed by atoms with E-state index in [1.165, 1.54) is 31.9 Å². The molecule has 1 aliphatic rings. The Morgan fingerprint density at radius 3 is 3.15 bits per heavy atom. The van der Waals surface area contributed by atoms with Crippen molar-refractivity contribution in [3.63, 3.8) is 0 Å². The molecule has 0 aliphatic heterocycles. The first-order valence-electron chi connectivity index (χ1n) is 4.78. The second kappa shape index (κ2) is 5.75. The lowest BCUT2D eigenvalue weighted by Gasteiger charge is -2.03. The highest BCUT2D eigenvalue weighted by atomic mass is 16.5. The third-order valence-electron chi connectivity index (χ3n) is 2.25. The van der Waals surface area contributed by atoms with Crippen LogP contribution in [0.5, 0.6) is 0 Å². The van der Waals surface area contributed by atoms with E-state index in [0.29, 0.717) is 6.54 Å². The average Bonchev–Trinajstić information content (AvgIpc) is 2.64. The molecule has 0 aromatic rings. The predicted octanol–water partition coefficient (Wildman–Crippen LogP) is 1.25. The third kappa shape index (κ3) is 4.08. The Labute approximate surface area is 79.2 Å². The van der Waals surface area contributed by atoms with Crippen LogP contribution in [0.2, 0.25) is 0 Å². The van der Waals surface area contributed by atoms with Gasteiger partial charge in [-0.2, -0.15) is 0 Å². The van der Waals surface area contributed by atoms with E-state index in [0.717, 1.165) is 13.0 Å². The summed E-state index contributed by atoms with van der Waals surface area (Å²) in [6.45, 7) is 1.20. The number of carbonyl (C=O) groups excluding carboxylic acids is 1. The Balaban J connectivity index is 1.97. The van der Waals surface area contributed by atoms with Crippen molar-refractivity contribution in [1.29, 1.82) is 0 Å². The van der Waals surface area contributed by atoms with E-state index in [2.05, 4.69) is 16.1 Å². The number of hydrogen-bond acceptors (Lipinski definition) is 3. The van der Waals surface area contributed by atoms with E-state index in [1.54, 1.807) is 0 Å². The highest BCUT2D eigenvalue weighted by Gasteiger charge is 2.04. The molecule has 3 nitrogen and oxygen atoms in total. The molecule has 0 fully saturated rings. The van der Waals surface area contributed by atoms with Gasteiger partial charge in [-0.25, -0.2) is 0 Å². The van der Waals surface area contributed by atoms with Crippen LogP contribution < -0.4 is 5.32 Å². The van der Waals surface area contributed by atoms with Crippen molar-refractivity contribution >= 4 is 5.97 Å². The van der Waals surface area contributed by atoms with Crippen molar-refractivity contribution in [2.24, 2.45) is 0 Å². The molecule has 0 saturated carbocycles. The molecule has 0 aromatic carbocycles. The molecular formula is C10H17NO2. The second-order valence-electron chi connectivity index (χ2n) is 3.26. The van der Waals surface area contributed by atoms with Gasteiger partial charge in [0.1, 0.15) is 0 Å². The summed E-state index contributed by atoms with van der Waals surface area (Å²) in [5.41, 5.74) is 1.53. The van der Waals surface area contributed by atoms with Crippen molar-refractivity contribution in [3.8, 4) is 0 Å². The SMILES string of the molecule is COC(=O)CNCCC1=CCCC1. The second-order valence-corrected chi connectivity index (χ2v) is 3.26. The van der Waals surface area contributed by atoms with Gasteiger partial charge in [0.15, 0.2) is 0 Å². The molecule has 3 heteroatoms. The van der Waals surface area contributed by atoms with E-state index in [-0.39, 0.29) is 5.97 Å². The Morgan fingerprint density at radius 2 is 2.54 bits per heavy atom. The fourth-order valence-corrected chi connectivity index (χ4v) is 1.48. The zero-order valence-corrected chi connectivity index (χ0v) is 8.14. The van der Waals surface area contributed by atoms with Gasteiger partial charge in [0.25, 0.3) is 0 Å². The van der Waals surface area contributed by atoms with Gasteiger partial charge in [0, 0.05) is 0 Å². The van der Waals surface area contributed by atoms with Crippen molar-refractivity contribution < 1.29 is 9.53 Å². The van der Waals surface area contributed by atoms with Crippen LogP contribution in [0.15, 0.2) is 11.6 Å². The molecular weight excluding hydrogens is 166 g/mol. The van der Waals surface area contributed by atoms with Gasteiger partial charge in [-0.15, -0.1) is 0 Å².